The summed E-state index contributed by atoms with van der Waals surface area (Å²) in [6, 6.07) is 7.93. The van der Waals surface area contributed by atoms with E-state index in [0.29, 0.717) is 6.07 Å². The summed E-state index contributed by atoms with van der Waals surface area (Å²) >= 11 is 0. The molecule has 0 bridgehead atoms. The zero-order valence-electron chi connectivity index (χ0n) is 35.4. The van der Waals surface area contributed by atoms with E-state index in [1.54, 1.807) is 26.8 Å². The fourth-order valence-corrected chi connectivity index (χ4v) is 5.24. The topological polar surface area (TPSA) is 556 Å². The van der Waals surface area contributed by atoms with E-state index in [1.807, 2.05) is 16.0 Å². The minimum Gasteiger partial charge on any atom is -0.370 e. The maximum absolute atomic E-state index is 14.1. The number of guanidine groups is 4. The summed E-state index contributed by atoms with van der Waals surface area (Å²) in [5.74, 6) is -11.1. The van der Waals surface area contributed by atoms with Gasteiger partial charge >= 0.3 is 0 Å². The van der Waals surface area contributed by atoms with Crippen LogP contribution in [0.4, 0.5) is 17.1 Å². The number of benzene rings is 2. The van der Waals surface area contributed by atoms with Crippen LogP contribution in [0.5, 0.6) is 0 Å². The van der Waals surface area contributed by atoms with Crippen molar-refractivity contribution in [3.05, 3.63) is 74.3 Å². The van der Waals surface area contributed by atoms with Crippen molar-refractivity contribution in [2.75, 3.05) is 11.4 Å². The summed E-state index contributed by atoms with van der Waals surface area (Å²) in [6.07, 6.45) is -10.5. The van der Waals surface area contributed by atoms with Gasteiger partial charge in [-0.1, -0.05) is 51.1 Å². The molecule has 6 amide bonds. The van der Waals surface area contributed by atoms with Crippen LogP contribution in [0.1, 0.15) is 38.8 Å². The molecule has 2 rings (SSSR count). The molecule has 0 aromatic heterocycles. The third-order valence-electron chi connectivity index (χ3n) is 8.23. The minimum absolute atomic E-state index is 0.0298. The number of nitro groups is 2. The third-order valence-corrected chi connectivity index (χ3v) is 8.23. The van der Waals surface area contributed by atoms with Gasteiger partial charge in [0.1, 0.15) is 11.7 Å². The monoisotopic (exact) mass is 929 g/mol. The van der Waals surface area contributed by atoms with Crippen molar-refractivity contribution in [2.24, 2.45) is 77.0 Å². The van der Waals surface area contributed by atoms with E-state index in [-0.39, 0.29) is 24.2 Å². The quantitative estimate of drug-likeness (QED) is 0.0172. The van der Waals surface area contributed by atoms with Gasteiger partial charge in [0.05, 0.1) is 15.9 Å². The molecular weight excluding hydrogens is 879 g/mol. The van der Waals surface area contributed by atoms with Crippen LogP contribution < -0.4 is 83.1 Å². The van der Waals surface area contributed by atoms with Crippen molar-refractivity contribution in [3.8, 4) is 0 Å². The maximum Gasteiger partial charge on any atom is 0.299 e. The first-order valence-electron chi connectivity index (χ1n) is 18.7. The second-order valence-electron chi connectivity index (χ2n) is 14.7. The van der Waals surface area contributed by atoms with Gasteiger partial charge in [-0.3, -0.25) is 49.0 Å². The second-order valence-corrected chi connectivity index (χ2v) is 14.7. The molecule has 24 N–H and O–H groups in total. The zero-order chi connectivity index (χ0) is 50.2. The smallest absolute Gasteiger partial charge is 0.299 e. The number of aliphatic hydroxyl groups excluding tert-OH is 1. The van der Waals surface area contributed by atoms with Gasteiger partial charge in [-0.15, -0.1) is 0 Å². The first kappa shape index (κ1) is 53.0. The molecule has 6 unspecified atom stereocenters. The highest BCUT2D eigenvalue weighted by molar-refractivity contribution is 5.99. The van der Waals surface area contributed by atoms with Crippen LogP contribution in [0.2, 0.25) is 0 Å². The minimum atomic E-state index is -2.29. The molecule has 0 fully saturated rings. The van der Waals surface area contributed by atoms with E-state index < -0.39 is 123 Å². The summed E-state index contributed by atoms with van der Waals surface area (Å²) in [5, 5.41) is 45.5. The Labute approximate surface area is 373 Å². The van der Waals surface area contributed by atoms with Gasteiger partial charge in [-0.05, 0) is 23.5 Å². The molecule has 0 saturated carbocycles. The van der Waals surface area contributed by atoms with E-state index in [1.165, 1.54) is 24.3 Å². The number of nitrogens with two attached hydrogens (primary N) is 9. The number of aliphatic hydroxyl groups is 1. The Morgan fingerprint density at radius 3 is 1.44 bits per heavy atom. The number of nitrogens with one attached hydrogen (secondary N) is 5. The van der Waals surface area contributed by atoms with Crippen LogP contribution in [0.25, 0.3) is 0 Å². The van der Waals surface area contributed by atoms with Crippen molar-refractivity contribution >= 4 is 76.3 Å². The van der Waals surface area contributed by atoms with Crippen LogP contribution >= 0.6 is 0 Å². The number of carbonyl (C=O) groups is 6. The molecule has 0 aliphatic heterocycles. The number of anilines is 1. The Morgan fingerprint density at radius 1 is 0.621 bits per heavy atom. The van der Waals surface area contributed by atoms with Gasteiger partial charge in [-0.25, -0.2) is 20.0 Å². The number of hydrogen-bond acceptors (Lipinski definition) is 16. The molecule has 2 aromatic rings. The summed E-state index contributed by atoms with van der Waals surface area (Å²) in [5.41, 5.74) is 46.2. The third kappa shape index (κ3) is 16.6. The number of aliphatic imine (C=N–C) groups is 4. The fourth-order valence-electron chi connectivity index (χ4n) is 5.24. The molecule has 32 nitrogen and oxygen atoms in total. The van der Waals surface area contributed by atoms with E-state index in [2.05, 4.69) is 30.6 Å². The molecule has 32 heteroatoms. The lowest BCUT2D eigenvalue weighted by Gasteiger charge is -2.32. The Bertz CT molecular complexity index is 2270. The van der Waals surface area contributed by atoms with Gasteiger partial charge in [-0.2, -0.15) is 0 Å². The molecule has 0 aliphatic carbocycles. The van der Waals surface area contributed by atoms with Crippen molar-refractivity contribution in [1.29, 1.82) is 0 Å². The number of carbonyl (C=O) groups excluding carboxylic acids is 6. The number of amides is 6. The summed E-state index contributed by atoms with van der Waals surface area (Å²) in [7, 11) is 0. The van der Waals surface area contributed by atoms with E-state index in [4.69, 9.17) is 51.6 Å². The van der Waals surface area contributed by atoms with Crippen LogP contribution in [-0.2, 0) is 28.8 Å². The number of nitrogens with zero attached hydrogens (tertiary/aromatic N) is 7. The molecule has 0 radical (unpaired) electrons. The lowest BCUT2D eigenvalue weighted by molar-refractivity contribution is -0.393. The number of non-ortho nitro benzene ring substituents is 1. The second kappa shape index (κ2) is 23.4. The normalized spacial score (nSPS) is 13.5. The molecule has 2 aromatic carbocycles. The number of hydrogen-bond donors (Lipinski definition) is 15. The Balaban J connectivity index is 2.55. The predicted molar refractivity (Wildman–Crippen MR) is 235 cm³/mol. The van der Waals surface area contributed by atoms with E-state index >= 15 is 0 Å². The summed E-state index contributed by atoms with van der Waals surface area (Å²) in [6.45, 7) is 5.18. The molecule has 358 valence electrons. The average molecular weight is 930 g/mol. The van der Waals surface area contributed by atoms with Crippen LogP contribution in [-0.4, -0.2) is 112 Å². The highest BCUT2D eigenvalue weighted by Gasteiger charge is 2.36. The number of rotatable bonds is 22. The van der Waals surface area contributed by atoms with Gasteiger partial charge in [0.25, 0.3) is 40.9 Å². The van der Waals surface area contributed by atoms with Gasteiger partial charge in [0.15, 0.2) is 23.8 Å². The molecule has 0 aliphatic rings. The zero-order valence-corrected chi connectivity index (χ0v) is 35.4. The number of nitro benzene ring substituents is 2. The first-order valence-corrected chi connectivity index (χ1v) is 18.7. The predicted octanol–water partition coefficient (Wildman–Crippen LogP) is -6.73. The Kier molecular flexibility index (Phi) is 18.8. The molecule has 0 heterocycles. The lowest BCUT2D eigenvalue weighted by atomic mass is 9.92. The Morgan fingerprint density at radius 2 is 1.05 bits per heavy atom. The highest BCUT2D eigenvalue weighted by atomic mass is 16.6. The van der Waals surface area contributed by atoms with Crippen LogP contribution in [0.15, 0.2) is 68.5 Å². The molecule has 6 atom stereocenters. The van der Waals surface area contributed by atoms with Crippen molar-refractivity contribution in [3.63, 3.8) is 0 Å². The largest absolute Gasteiger partial charge is 0.370 e. The summed E-state index contributed by atoms with van der Waals surface area (Å²) in [4.78, 5) is 117. The standard InChI is InChI=1S/C34H51N21O11/c1-34(2,3)11-12-53(16-10-9-15(54(63)64)13-17(16)55(65)66)29(62)28(61)44-18(14-7-5-4-6-8-14)24(57)46-21(50-31(38)39)26(59)48-23(52-33(42)43)27(60)47-22(51-32(40)41)25(58)45-20(19(35)56)49-30(36)37/h4-10,13,18,20-23,29,62H,11-12H2,1-3H3,(H2,35,56)(H,44,61)(H,45,58)(H,46,57)(H,47,60)(H,48,59)(H4,36,37,49)(H4,38,39,50)(H4,40,41,51)(H4,42,43,52). The van der Waals surface area contributed by atoms with Gasteiger partial charge in [0, 0.05) is 12.6 Å². The molecule has 66 heavy (non-hydrogen) atoms. The van der Waals surface area contributed by atoms with Crippen molar-refractivity contribution < 1.29 is 43.7 Å². The summed E-state index contributed by atoms with van der Waals surface area (Å²) < 4.78 is 0. The van der Waals surface area contributed by atoms with E-state index in [9.17, 15) is 54.1 Å². The molecule has 0 saturated heterocycles. The molecule has 0 spiro atoms. The van der Waals surface area contributed by atoms with Crippen LogP contribution in [0.3, 0.4) is 0 Å². The number of primary amides is 1. The fraction of sp³-hybridized carbons (Fsp3) is 0.353. The van der Waals surface area contributed by atoms with E-state index in [0.717, 1.165) is 17.0 Å². The van der Waals surface area contributed by atoms with Crippen LogP contribution in [0, 0.1) is 25.6 Å². The van der Waals surface area contributed by atoms with Crippen molar-refractivity contribution in [1.82, 2.24) is 26.6 Å². The van der Waals surface area contributed by atoms with Gasteiger partial charge in [0.2, 0.25) is 36.8 Å². The highest BCUT2D eigenvalue weighted by Crippen LogP contribution is 2.34. The molecular formula is C34H51N21O11. The SMILES string of the molecule is CC(C)(C)CCN(c1ccc([N+](=O)[O-])cc1[N+](=O)[O-])C(O)C(=O)NC(C(=O)NC(N=C(N)N)C(=O)NC(N=C(N)N)C(=O)NC(N=C(N)N)C(=O)NC(N=C(N)N)C(N)=O)c1ccccc1. The first-order chi connectivity index (χ1) is 30.6. The lowest BCUT2D eigenvalue weighted by Crippen LogP contribution is -2.58. The van der Waals surface area contributed by atoms with Gasteiger partial charge < -0.3 is 88.2 Å². The van der Waals surface area contributed by atoms with Crippen molar-refractivity contribution in [2.45, 2.75) is 64.1 Å². The maximum atomic E-state index is 14.1. The average Bonchev–Trinajstić information content (AvgIpc) is 3.20. The Hall–Kier alpha value is -9.10.